The van der Waals surface area contributed by atoms with Gasteiger partial charge < -0.3 is 10.2 Å². The molecule has 0 bridgehead atoms. The van der Waals surface area contributed by atoms with Crippen LogP contribution in [0.1, 0.15) is 16.7 Å². The molecule has 4 aromatic carbocycles. The Morgan fingerprint density at radius 3 is 2.16 bits per heavy atom. The van der Waals surface area contributed by atoms with Crippen molar-refractivity contribution in [3.63, 3.8) is 0 Å². The molecule has 0 heterocycles. The number of nitrogens with one attached hydrogen (secondary N) is 1. The third kappa shape index (κ3) is 8.17. The number of aryl methyl sites for hydroxylation is 1. The molecule has 0 aromatic heterocycles. The Labute approximate surface area is 270 Å². The van der Waals surface area contributed by atoms with Crippen LogP contribution in [0, 0.1) is 6.92 Å². The molecule has 0 aliphatic carbocycles. The van der Waals surface area contributed by atoms with E-state index in [9.17, 15) is 18.0 Å². The molecule has 224 valence electrons. The van der Waals surface area contributed by atoms with Gasteiger partial charge in [0.2, 0.25) is 11.8 Å². The van der Waals surface area contributed by atoms with E-state index >= 15 is 0 Å². The third-order valence-corrected chi connectivity index (χ3v) is 9.78. The molecule has 7 nitrogen and oxygen atoms in total. The smallest absolute Gasteiger partial charge is 0.264 e. The van der Waals surface area contributed by atoms with Crippen molar-refractivity contribution in [3.05, 3.63) is 128 Å². The molecule has 11 heteroatoms. The summed E-state index contributed by atoms with van der Waals surface area (Å²) in [5.74, 6) is -0.993. The fraction of sp³-hybridized carbons (Fsp3) is 0.188. The monoisotopic (exact) mass is 701 g/mol. The molecule has 1 N–H and O–H groups in total. The Morgan fingerprint density at radius 2 is 1.56 bits per heavy atom. The fourth-order valence-electron chi connectivity index (χ4n) is 4.53. The average Bonchev–Trinajstić information content (AvgIpc) is 2.99. The van der Waals surface area contributed by atoms with E-state index < -0.39 is 34.4 Å². The van der Waals surface area contributed by atoms with E-state index in [1.54, 1.807) is 54.6 Å². The predicted octanol–water partition coefficient (Wildman–Crippen LogP) is 6.65. The third-order valence-electron chi connectivity index (χ3n) is 6.88. The van der Waals surface area contributed by atoms with E-state index in [0.717, 1.165) is 19.9 Å². The highest BCUT2D eigenvalue weighted by atomic mass is 79.9. The molecule has 1 unspecified atom stereocenters. The van der Waals surface area contributed by atoms with Crippen LogP contribution < -0.4 is 9.62 Å². The van der Waals surface area contributed by atoms with Gasteiger partial charge in [-0.25, -0.2) is 8.42 Å². The Balaban J connectivity index is 1.80. The minimum absolute atomic E-state index is 0.0354. The number of hydrogen-bond acceptors (Lipinski definition) is 4. The van der Waals surface area contributed by atoms with Gasteiger partial charge in [0.1, 0.15) is 12.6 Å². The number of rotatable bonds is 11. The normalized spacial score (nSPS) is 11.9. The highest BCUT2D eigenvalue weighted by Crippen LogP contribution is 2.28. The summed E-state index contributed by atoms with van der Waals surface area (Å²) in [6.07, 6.45) is 0.195. The molecule has 0 aliphatic rings. The minimum atomic E-state index is -4.18. The first kappa shape index (κ1) is 32.5. The molecule has 4 rings (SSSR count). The SMILES string of the molecule is CNC(=O)C(Cc1ccccc1)N(Cc1ccc(Cl)cc1Cl)C(=O)CN(c1ccc(Br)cc1)S(=O)(=O)c1ccc(C)cc1. The van der Waals surface area contributed by atoms with Crippen molar-refractivity contribution in [2.45, 2.75) is 30.8 Å². The van der Waals surface area contributed by atoms with E-state index in [4.69, 9.17) is 23.2 Å². The number of halogens is 3. The summed E-state index contributed by atoms with van der Waals surface area (Å²) < 4.78 is 29.8. The molecule has 0 radical (unpaired) electrons. The maximum atomic E-state index is 14.3. The van der Waals surface area contributed by atoms with Gasteiger partial charge >= 0.3 is 0 Å². The molecule has 2 amide bonds. The summed E-state index contributed by atoms with van der Waals surface area (Å²) in [6, 6.07) is 26.3. The maximum Gasteiger partial charge on any atom is 0.264 e. The van der Waals surface area contributed by atoms with Crippen LogP contribution in [0.3, 0.4) is 0 Å². The number of amides is 2. The lowest BCUT2D eigenvalue weighted by Crippen LogP contribution is -2.53. The van der Waals surface area contributed by atoms with Crippen molar-refractivity contribution >= 4 is 66.7 Å². The van der Waals surface area contributed by atoms with Gasteiger partial charge in [0, 0.05) is 34.5 Å². The van der Waals surface area contributed by atoms with E-state index in [2.05, 4.69) is 21.2 Å². The summed E-state index contributed by atoms with van der Waals surface area (Å²) in [5, 5.41) is 3.40. The number of carbonyl (C=O) groups is 2. The van der Waals surface area contributed by atoms with Crippen LogP contribution in [0.2, 0.25) is 10.0 Å². The van der Waals surface area contributed by atoms with E-state index in [0.29, 0.717) is 21.3 Å². The van der Waals surface area contributed by atoms with E-state index in [-0.39, 0.29) is 17.9 Å². The number of carbonyl (C=O) groups excluding carboxylic acids is 2. The van der Waals surface area contributed by atoms with Crippen LogP contribution >= 0.6 is 39.1 Å². The number of hydrogen-bond donors (Lipinski definition) is 1. The lowest BCUT2D eigenvalue weighted by atomic mass is 10.0. The summed E-state index contributed by atoms with van der Waals surface area (Å²) >= 11 is 16.0. The molecule has 4 aromatic rings. The van der Waals surface area contributed by atoms with Gasteiger partial charge in [-0.2, -0.15) is 0 Å². The van der Waals surface area contributed by atoms with Crippen molar-refractivity contribution in [3.8, 4) is 0 Å². The second-order valence-electron chi connectivity index (χ2n) is 9.88. The zero-order valence-corrected chi connectivity index (χ0v) is 27.4. The Morgan fingerprint density at radius 1 is 0.907 bits per heavy atom. The van der Waals surface area contributed by atoms with Gasteiger partial charge in [-0.1, -0.05) is 93.2 Å². The largest absolute Gasteiger partial charge is 0.357 e. The summed E-state index contributed by atoms with van der Waals surface area (Å²) in [6.45, 7) is 1.24. The fourth-order valence-corrected chi connectivity index (χ4v) is 6.67. The van der Waals surface area contributed by atoms with Crippen molar-refractivity contribution in [2.75, 3.05) is 17.9 Å². The van der Waals surface area contributed by atoms with Crippen LogP contribution in [0.25, 0.3) is 0 Å². The zero-order chi connectivity index (χ0) is 31.1. The molecule has 0 saturated heterocycles. The quantitative estimate of drug-likeness (QED) is 0.190. The topological polar surface area (TPSA) is 86.8 Å². The Bertz CT molecular complexity index is 1690. The standard InChI is InChI=1S/C32H30BrCl2N3O4S/c1-22-8-16-28(17-9-22)43(41,42)38(27-14-11-25(33)12-15-27)21-31(39)37(20-24-10-13-26(34)19-29(24)35)30(32(40)36-2)18-23-6-4-3-5-7-23/h3-17,19,30H,18,20-21H2,1-2H3,(H,36,40). The highest BCUT2D eigenvalue weighted by molar-refractivity contribution is 9.10. The van der Waals surface area contributed by atoms with Gasteiger partial charge in [0.25, 0.3) is 10.0 Å². The number of benzene rings is 4. The molecule has 0 saturated carbocycles. The lowest BCUT2D eigenvalue weighted by Gasteiger charge is -2.33. The zero-order valence-electron chi connectivity index (χ0n) is 23.5. The first-order valence-electron chi connectivity index (χ1n) is 13.3. The first-order valence-corrected chi connectivity index (χ1v) is 16.3. The van der Waals surface area contributed by atoms with Gasteiger partial charge in [-0.15, -0.1) is 0 Å². The van der Waals surface area contributed by atoms with Gasteiger partial charge in [-0.3, -0.25) is 13.9 Å². The van der Waals surface area contributed by atoms with Crippen molar-refractivity contribution in [1.29, 1.82) is 0 Å². The van der Waals surface area contributed by atoms with Crippen molar-refractivity contribution in [2.24, 2.45) is 0 Å². The Hall–Kier alpha value is -3.37. The molecular formula is C32H30BrCl2N3O4S. The van der Waals surface area contributed by atoms with Gasteiger partial charge in [0.15, 0.2) is 0 Å². The van der Waals surface area contributed by atoms with Crippen LogP contribution in [-0.4, -0.2) is 44.8 Å². The molecular weight excluding hydrogens is 673 g/mol. The van der Waals surface area contributed by atoms with Crippen molar-refractivity contribution < 1.29 is 18.0 Å². The van der Waals surface area contributed by atoms with Crippen LogP contribution in [0.5, 0.6) is 0 Å². The maximum absolute atomic E-state index is 14.3. The molecule has 43 heavy (non-hydrogen) atoms. The number of anilines is 1. The summed E-state index contributed by atoms with van der Waals surface area (Å²) in [4.78, 5) is 29.1. The van der Waals surface area contributed by atoms with E-state index in [1.165, 1.54) is 24.1 Å². The number of nitrogens with zero attached hydrogens (tertiary/aromatic N) is 2. The van der Waals surface area contributed by atoms with Crippen LogP contribution in [-0.2, 0) is 32.6 Å². The molecule has 0 spiro atoms. The lowest BCUT2D eigenvalue weighted by molar-refractivity contribution is -0.139. The summed E-state index contributed by atoms with van der Waals surface area (Å²) in [7, 11) is -2.69. The molecule has 0 aliphatic heterocycles. The second kappa shape index (κ2) is 14.4. The van der Waals surface area contributed by atoms with E-state index in [1.807, 2.05) is 37.3 Å². The second-order valence-corrected chi connectivity index (χ2v) is 13.5. The average molecular weight is 703 g/mol. The molecule has 1 atom stereocenters. The van der Waals surface area contributed by atoms with Crippen LogP contribution in [0.4, 0.5) is 5.69 Å². The minimum Gasteiger partial charge on any atom is -0.357 e. The highest BCUT2D eigenvalue weighted by Gasteiger charge is 2.34. The van der Waals surface area contributed by atoms with Gasteiger partial charge in [0.05, 0.1) is 10.6 Å². The van der Waals surface area contributed by atoms with Crippen molar-refractivity contribution in [1.82, 2.24) is 10.2 Å². The van der Waals surface area contributed by atoms with Gasteiger partial charge in [-0.05, 0) is 66.6 Å². The summed E-state index contributed by atoms with van der Waals surface area (Å²) in [5.41, 5.74) is 2.57. The predicted molar refractivity (Wildman–Crippen MR) is 175 cm³/mol. The first-order chi connectivity index (χ1) is 20.5. The van der Waals surface area contributed by atoms with Crippen LogP contribution in [0.15, 0.2) is 106 Å². The molecule has 0 fully saturated rings. The Kier molecular flexibility index (Phi) is 10.9. The number of likely N-dealkylation sites (N-methyl/N-ethyl adjacent to an activating group) is 1. The number of sulfonamides is 1.